The molecule has 0 N–H and O–H groups in total. The van der Waals surface area contributed by atoms with Crippen molar-refractivity contribution in [2.45, 2.75) is 0 Å². The first kappa shape index (κ1) is 16.9. The number of para-hydroxylation sites is 1. The van der Waals surface area contributed by atoms with Crippen molar-refractivity contribution < 1.29 is 14.5 Å². The van der Waals surface area contributed by atoms with Crippen LogP contribution in [0.2, 0.25) is 0 Å². The van der Waals surface area contributed by atoms with Gasteiger partial charge in [0.15, 0.2) is 0 Å². The zero-order valence-electron chi connectivity index (χ0n) is 12.9. The van der Waals surface area contributed by atoms with Crippen LogP contribution in [0.15, 0.2) is 77.3 Å². The lowest BCUT2D eigenvalue weighted by molar-refractivity contribution is -0.385. The summed E-state index contributed by atoms with van der Waals surface area (Å²) >= 11 is 3.38. The molecule has 0 aliphatic rings. The van der Waals surface area contributed by atoms with Gasteiger partial charge in [-0.05, 0) is 45.3 Å². The largest absolute Gasteiger partial charge is 0.422 e. The second kappa shape index (κ2) is 7.27. The number of halogens is 1. The van der Waals surface area contributed by atoms with E-state index in [2.05, 4.69) is 15.9 Å². The highest BCUT2D eigenvalue weighted by molar-refractivity contribution is 9.10. The summed E-state index contributed by atoms with van der Waals surface area (Å²) in [6.07, 6.45) is 0. The van der Waals surface area contributed by atoms with Crippen molar-refractivity contribution in [3.63, 3.8) is 0 Å². The van der Waals surface area contributed by atoms with E-state index >= 15 is 0 Å². The molecule has 5 nitrogen and oxygen atoms in total. The van der Waals surface area contributed by atoms with Gasteiger partial charge in [-0.2, -0.15) is 0 Å². The molecular weight excluding hydrogens is 386 g/mol. The van der Waals surface area contributed by atoms with Gasteiger partial charge in [0.25, 0.3) is 5.69 Å². The minimum atomic E-state index is -0.777. The smallest absolute Gasteiger partial charge is 0.350 e. The fourth-order valence-electron chi connectivity index (χ4n) is 2.35. The summed E-state index contributed by atoms with van der Waals surface area (Å²) in [5.74, 6) is -0.483. The number of nitro benzene ring substituents is 1. The Bertz CT molecular complexity index is 941. The van der Waals surface area contributed by atoms with Crippen LogP contribution in [-0.4, -0.2) is 10.9 Å². The molecule has 6 heteroatoms. The van der Waals surface area contributed by atoms with Crippen LogP contribution >= 0.6 is 15.9 Å². The average molecular weight is 398 g/mol. The standard InChI is InChI=1S/C19H12BrNO4/c20-16-12-14(13-6-2-1-3-7-13)10-11-18(16)25-19(22)15-8-4-5-9-17(15)21(23)24/h1-12H. The first-order chi connectivity index (χ1) is 12.1. The highest BCUT2D eigenvalue weighted by Gasteiger charge is 2.21. The number of hydrogen-bond donors (Lipinski definition) is 0. The maximum Gasteiger partial charge on any atom is 0.350 e. The zero-order chi connectivity index (χ0) is 17.8. The summed E-state index contributed by atoms with van der Waals surface area (Å²) in [5.41, 5.74) is 1.61. The Hall–Kier alpha value is -2.99. The van der Waals surface area contributed by atoms with E-state index in [9.17, 15) is 14.9 Å². The maximum absolute atomic E-state index is 12.3. The molecule has 3 rings (SSSR count). The number of carbonyl (C=O) groups excluding carboxylic acids is 1. The molecule has 0 aliphatic heterocycles. The second-order valence-corrected chi connectivity index (χ2v) is 6.03. The molecule has 0 fully saturated rings. The number of rotatable bonds is 4. The number of benzene rings is 3. The highest BCUT2D eigenvalue weighted by Crippen LogP contribution is 2.31. The molecule has 0 aromatic heterocycles. The van der Waals surface area contributed by atoms with Gasteiger partial charge < -0.3 is 4.74 Å². The third kappa shape index (κ3) is 3.75. The minimum Gasteiger partial charge on any atom is -0.422 e. The minimum absolute atomic E-state index is 0.0912. The summed E-state index contributed by atoms with van der Waals surface area (Å²) in [5, 5.41) is 11.0. The zero-order valence-corrected chi connectivity index (χ0v) is 14.5. The van der Waals surface area contributed by atoms with Crippen LogP contribution in [-0.2, 0) is 0 Å². The van der Waals surface area contributed by atoms with Gasteiger partial charge >= 0.3 is 5.97 Å². The lowest BCUT2D eigenvalue weighted by atomic mass is 10.1. The molecule has 3 aromatic carbocycles. The number of hydrogen-bond acceptors (Lipinski definition) is 4. The Labute approximate surface area is 152 Å². The third-order valence-electron chi connectivity index (χ3n) is 3.56. The fourth-order valence-corrected chi connectivity index (χ4v) is 2.81. The van der Waals surface area contributed by atoms with Crippen LogP contribution in [0.25, 0.3) is 11.1 Å². The Morgan fingerprint density at radius 1 is 0.920 bits per heavy atom. The molecule has 0 atom stereocenters. The molecular formula is C19H12BrNO4. The molecule has 3 aromatic rings. The van der Waals surface area contributed by atoms with Crippen molar-refractivity contribution in [1.82, 2.24) is 0 Å². The molecule has 124 valence electrons. The van der Waals surface area contributed by atoms with Gasteiger partial charge in [0.1, 0.15) is 11.3 Å². The van der Waals surface area contributed by atoms with Crippen molar-refractivity contribution in [1.29, 1.82) is 0 Å². The molecule has 0 spiro atoms. The highest BCUT2D eigenvalue weighted by atomic mass is 79.9. The van der Waals surface area contributed by atoms with E-state index in [0.717, 1.165) is 11.1 Å². The Kier molecular flexibility index (Phi) is 4.90. The molecule has 0 saturated heterocycles. The Morgan fingerprint density at radius 3 is 2.28 bits per heavy atom. The lowest BCUT2D eigenvalue weighted by Crippen LogP contribution is -2.11. The molecule has 0 unspecified atom stereocenters. The van der Waals surface area contributed by atoms with Gasteiger partial charge in [-0.25, -0.2) is 4.79 Å². The SMILES string of the molecule is O=C(Oc1ccc(-c2ccccc2)cc1Br)c1ccccc1[N+](=O)[O-]. The topological polar surface area (TPSA) is 69.4 Å². The number of esters is 1. The number of nitro groups is 1. The number of ether oxygens (including phenoxy) is 1. The van der Waals surface area contributed by atoms with Gasteiger partial charge in [-0.15, -0.1) is 0 Å². The van der Waals surface area contributed by atoms with Gasteiger partial charge in [-0.1, -0.05) is 48.5 Å². The Morgan fingerprint density at radius 2 is 1.60 bits per heavy atom. The van der Waals surface area contributed by atoms with Crippen molar-refractivity contribution in [2.24, 2.45) is 0 Å². The molecule has 0 radical (unpaired) electrons. The van der Waals surface area contributed by atoms with Gasteiger partial charge in [-0.3, -0.25) is 10.1 Å². The van der Waals surface area contributed by atoms with Crippen LogP contribution in [0.1, 0.15) is 10.4 Å². The molecule has 25 heavy (non-hydrogen) atoms. The summed E-state index contributed by atoms with van der Waals surface area (Å²) in [6.45, 7) is 0. The predicted molar refractivity (Wildman–Crippen MR) is 97.6 cm³/mol. The van der Waals surface area contributed by atoms with Crippen LogP contribution in [0.5, 0.6) is 5.75 Å². The van der Waals surface area contributed by atoms with Gasteiger partial charge in [0.2, 0.25) is 0 Å². The van der Waals surface area contributed by atoms with E-state index in [1.165, 1.54) is 18.2 Å². The monoisotopic (exact) mass is 397 g/mol. The van der Waals surface area contributed by atoms with Crippen molar-refractivity contribution >= 4 is 27.6 Å². The lowest BCUT2D eigenvalue weighted by Gasteiger charge is -2.09. The van der Waals surface area contributed by atoms with Crippen LogP contribution in [0.3, 0.4) is 0 Å². The summed E-state index contributed by atoms with van der Waals surface area (Å²) in [4.78, 5) is 22.7. The van der Waals surface area contributed by atoms with Crippen molar-refractivity contribution in [3.05, 3.63) is 92.9 Å². The first-order valence-electron chi connectivity index (χ1n) is 7.37. The van der Waals surface area contributed by atoms with Crippen LogP contribution in [0.4, 0.5) is 5.69 Å². The second-order valence-electron chi connectivity index (χ2n) is 5.18. The normalized spacial score (nSPS) is 10.3. The third-order valence-corrected chi connectivity index (χ3v) is 4.18. The molecule has 0 aliphatic carbocycles. The average Bonchev–Trinajstić information content (AvgIpc) is 2.64. The summed E-state index contributed by atoms with van der Waals surface area (Å²) in [6, 6.07) is 20.7. The van der Waals surface area contributed by atoms with Crippen LogP contribution < -0.4 is 4.74 Å². The first-order valence-corrected chi connectivity index (χ1v) is 8.16. The van der Waals surface area contributed by atoms with Crippen LogP contribution in [0, 0.1) is 10.1 Å². The summed E-state index contributed by atoms with van der Waals surface area (Å²) in [7, 11) is 0. The van der Waals surface area contributed by atoms with E-state index in [4.69, 9.17) is 4.74 Å². The fraction of sp³-hybridized carbons (Fsp3) is 0. The van der Waals surface area contributed by atoms with E-state index in [1.807, 2.05) is 42.5 Å². The van der Waals surface area contributed by atoms with Crippen molar-refractivity contribution in [3.8, 4) is 16.9 Å². The number of nitrogens with zero attached hydrogens (tertiary/aromatic N) is 1. The predicted octanol–water partition coefficient (Wildman–Crippen LogP) is 5.24. The van der Waals surface area contributed by atoms with E-state index < -0.39 is 10.9 Å². The molecule has 0 heterocycles. The summed E-state index contributed by atoms with van der Waals surface area (Å²) < 4.78 is 5.91. The van der Waals surface area contributed by atoms with Gasteiger partial charge in [0, 0.05) is 6.07 Å². The van der Waals surface area contributed by atoms with E-state index in [-0.39, 0.29) is 11.3 Å². The molecule has 0 saturated carbocycles. The Balaban J connectivity index is 1.87. The van der Waals surface area contributed by atoms with E-state index in [1.54, 1.807) is 12.1 Å². The van der Waals surface area contributed by atoms with Crippen molar-refractivity contribution in [2.75, 3.05) is 0 Å². The van der Waals surface area contributed by atoms with Gasteiger partial charge in [0.05, 0.1) is 9.40 Å². The maximum atomic E-state index is 12.3. The molecule has 0 amide bonds. The molecule has 0 bridgehead atoms. The quantitative estimate of drug-likeness (QED) is 0.261. The van der Waals surface area contributed by atoms with E-state index in [0.29, 0.717) is 10.2 Å². The number of carbonyl (C=O) groups is 1.